The van der Waals surface area contributed by atoms with Gasteiger partial charge in [-0.15, -0.1) is 0 Å². The van der Waals surface area contributed by atoms with Gasteiger partial charge >= 0.3 is 10.4 Å². The summed E-state index contributed by atoms with van der Waals surface area (Å²) in [6, 6.07) is 0. The van der Waals surface area contributed by atoms with E-state index in [2.05, 4.69) is 4.18 Å². The van der Waals surface area contributed by atoms with Gasteiger partial charge in [0.25, 0.3) is 0 Å². The Morgan fingerprint density at radius 2 is 1.60 bits per heavy atom. The quantitative estimate of drug-likeness (QED) is 0.328. The maximum Gasteiger partial charge on any atom is 0.397 e. The lowest BCUT2D eigenvalue weighted by atomic mass is 10.1. The van der Waals surface area contributed by atoms with Crippen LogP contribution < -0.4 is 0 Å². The van der Waals surface area contributed by atoms with Crippen molar-refractivity contribution in [2.45, 2.75) is 24.4 Å². The van der Waals surface area contributed by atoms with Gasteiger partial charge in [0.05, 0.1) is 12.7 Å². The van der Waals surface area contributed by atoms with Crippen LogP contribution in [-0.2, 0) is 14.6 Å². The molecule has 0 aromatic rings. The summed E-state index contributed by atoms with van der Waals surface area (Å²) in [5.41, 5.74) is 0. The van der Waals surface area contributed by atoms with Crippen LogP contribution in [0, 0.1) is 5.92 Å². The van der Waals surface area contributed by atoms with Crippen LogP contribution in [0.3, 0.4) is 0 Å². The van der Waals surface area contributed by atoms with Crippen LogP contribution in [0.25, 0.3) is 0 Å². The minimum absolute atomic E-state index is 0.699. The van der Waals surface area contributed by atoms with E-state index in [1.807, 2.05) is 0 Å². The molecule has 1 aliphatic rings. The Hall–Kier alpha value is -0.290. The van der Waals surface area contributed by atoms with E-state index in [0.29, 0.717) is 0 Å². The van der Waals surface area contributed by atoms with Crippen molar-refractivity contribution in [3.05, 3.63) is 0 Å². The third-order valence-electron chi connectivity index (χ3n) is 2.34. The standard InChI is InChI=1S/C6H12O8S/c7-1-2-3(8)4(9)5(10)6(2)14-15(11,12)13/h2-10H,1H2,(H,11,12,13)/t2-,3-,4+,5+,6+/m0/s1. The lowest BCUT2D eigenvalue weighted by molar-refractivity contribution is -0.0377. The summed E-state index contributed by atoms with van der Waals surface area (Å²) in [5, 5.41) is 36.5. The van der Waals surface area contributed by atoms with Gasteiger partial charge in [0.15, 0.2) is 0 Å². The van der Waals surface area contributed by atoms with E-state index in [-0.39, 0.29) is 0 Å². The summed E-state index contributed by atoms with van der Waals surface area (Å²) in [4.78, 5) is 0. The van der Waals surface area contributed by atoms with Crippen molar-refractivity contribution in [3.8, 4) is 0 Å². The summed E-state index contributed by atoms with van der Waals surface area (Å²) in [7, 11) is -4.82. The van der Waals surface area contributed by atoms with Gasteiger partial charge in [0.2, 0.25) is 0 Å². The molecule has 1 aliphatic carbocycles. The topological polar surface area (TPSA) is 145 Å². The molecule has 0 radical (unpaired) electrons. The van der Waals surface area contributed by atoms with Gasteiger partial charge in [-0.3, -0.25) is 4.55 Å². The molecule has 15 heavy (non-hydrogen) atoms. The van der Waals surface area contributed by atoms with Crippen LogP contribution in [0.15, 0.2) is 0 Å². The fraction of sp³-hybridized carbons (Fsp3) is 1.00. The smallest absolute Gasteiger partial charge is 0.396 e. The van der Waals surface area contributed by atoms with E-state index in [1.54, 1.807) is 0 Å². The Labute approximate surface area is 85.7 Å². The Kier molecular flexibility index (Phi) is 3.66. The van der Waals surface area contributed by atoms with Gasteiger partial charge in [0.1, 0.15) is 18.3 Å². The first-order valence-corrected chi connectivity index (χ1v) is 5.45. The highest BCUT2D eigenvalue weighted by Gasteiger charge is 2.51. The average molecular weight is 244 g/mol. The zero-order valence-corrected chi connectivity index (χ0v) is 8.28. The molecule has 0 bridgehead atoms. The molecule has 1 saturated carbocycles. The Morgan fingerprint density at radius 1 is 1.07 bits per heavy atom. The van der Waals surface area contributed by atoms with Crippen molar-refractivity contribution in [2.75, 3.05) is 6.61 Å². The SMILES string of the molecule is O=S(=O)(O)O[C@H]1[C@H](O)[C@H](O)[C@@H](O)[C@@H]1CO. The Balaban J connectivity index is 2.86. The average Bonchev–Trinajstić information content (AvgIpc) is 2.29. The van der Waals surface area contributed by atoms with E-state index in [0.717, 1.165) is 0 Å². The van der Waals surface area contributed by atoms with Crippen molar-refractivity contribution in [1.29, 1.82) is 0 Å². The minimum Gasteiger partial charge on any atom is -0.396 e. The van der Waals surface area contributed by atoms with Crippen LogP contribution in [0.1, 0.15) is 0 Å². The zero-order valence-electron chi connectivity index (χ0n) is 7.46. The number of hydrogen-bond donors (Lipinski definition) is 5. The van der Waals surface area contributed by atoms with Gasteiger partial charge < -0.3 is 20.4 Å². The lowest BCUT2D eigenvalue weighted by Gasteiger charge is -2.18. The van der Waals surface area contributed by atoms with Gasteiger partial charge in [-0.2, -0.15) is 8.42 Å². The number of rotatable bonds is 3. The molecule has 0 spiro atoms. The van der Waals surface area contributed by atoms with Crippen LogP contribution >= 0.6 is 0 Å². The van der Waals surface area contributed by atoms with Gasteiger partial charge in [-0.25, -0.2) is 4.18 Å². The summed E-state index contributed by atoms with van der Waals surface area (Å²) in [5.74, 6) is -1.18. The summed E-state index contributed by atoms with van der Waals surface area (Å²) in [6.45, 7) is -0.699. The molecule has 0 saturated heterocycles. The first-order valence-electron chi connectivity index (χ1n) is 4.08. The summed E-state index contributed by atoms with van der Waals surface area (Å²) < 4.78 is 33.2. The highest BCUT2D eigenvalue weighted by atomic mass is 32.3. The van der Waals surface area contributed by atoms with Crippen molar-refractivity contribution < 1.29 is 37.6 Å². The van der Waals surface area contributed by atoms with E-state index >= 15 is 0 Å². The highest BCUT2D eigenvalue weighted by molar-refractivity contribution is 7.80. The second kappa shape index (κ2) is 4.29. The molecule has 9 heteroatoms. The van der Waals surface area contributed by atoms with E-state index < -0.39 is 47.3 Å². The zero-order chi connectivity index (χ0) is 11.8. The van der Waals surface area contributed by atoms with Crippen molar-refractivity contribution in [2.24, 2.45) is 5.92 Å². The van der Waals surface area contributed by atoms with Crippen molar-refractivity contribution >= 4 is 10.4 Å². The predicted octanol–water partition coefficient (Wildman–Crippen LogP) is -3.12. The summed E-state index contributed by atoms with van der Waals surface area (Å²) >= 11 is 0. The first-order chi connectivity index (χ1) is 6.78. The molecule has 8 nitrogen and oxygen atoms in total. The molecule has 0 aliphatic heterocycles. The molecule has 1 fully saturated rings. The fourth-order valence-corrected chi connectivity index (χ4v) is 2.12. The molecule has 0 heterocycles. The van der Waals surface area contributed by atoms with E-state index in [1.165, 1.54) is 0 Å². The normalized spacial score (nSPS) is 42.1. The fourth-order valence-electron chi connectivity index (χ4n) is 1.58. The van der Waals surface area contributed by atoms with Crippen molar-refractivity contribution in [3.63, 3.8) is 0 Å². The van der Waals surface area contributed by atoms with Gasteiger partial charge in [-0.1, -0.05) is 0 Å². The molecule has 0 amide bonds. The third kappa shape index (κ3) is 2.64. The van der Waals surface area contributed by atoms with Crippen molar-refractivity contribution in [1.82, 2.24) is 0 Å². The molecule has 5 N–H and O–H groups in total. The molecule has 90 valence electrons. The number of aliphatic hydroxyl groups excluding tert-OH is 4. The maximum absolute atomic E-state index is 10.4. The molecule has 0 aromatic heterocycles. The number of aliphatic hydroxyl groups is 4. The Morgan fingerprint density at radius 3 is 2.00 bits per heavy atom. The van der Waals surface area contributed by atoms with Crippen LogP contribution in [-0.4, -0.2) is 64.4 Å². The molecule has 0 aromatic carbocycles. The molecule has 1 rings (SSSR count). The first kappa shape index (κ1) is 12.8. The summed E-state index contributed by atoms with van der Waals surface area (Å²) in [6.07, 6.45) is -6.42. The van der Waals surface area contributed by atoms with Gasteiger partial charge in [-0.05, 0) is 0 Å². The number of hydrogen-bond acceptors (Lipinski definition) is 7. The van der Waals surface area contributed by atoms with E-state index in [4.69, 9.17) is 14.8 Å². The maximum atomic E-state index is 10.4. The molecule has 5 atom stereocenters. The highest BCUT2D eigenvalue weighted by Crippen LogP contribution is 2.30. The predicted molar refractivity (Wildman–Crippen MR) is 45.0 cm³/mol. The van der Waals surface area contributed by atoms with Crippen LogP contribution in [0.4, 0.5) is 0 Å². The lowest BCUT2D eigenvalue weighted by Crippen LogP contribution is -2.35. The van der Waals surface area contributed by atoms with Crippen LogP contribution in [0.5, 0.6) is 0 Å². The second-order valence-corrected chi connectivity index (χ2v) is 4.35. The van der Waals surface area contributed by atoms with Gasteiger partial charge in [0, 0.05) is 5.92 Å². The minimum atomic E-state index is -4.82. The van der Waals surface area contributed by atoms with E-state index in [9.17, 15) is 18.6 Å². The molecule has 0 unspecified atom stereocenters. The molecular weight excluding hydrogens is 232 g/mol. The monoisotopic (exact) mass is 244 g/mol. The molecular formula is C6H12O8S. The largest absolute Gasteiger partial charge is 0.397 e. The third-order valence-corrected chi connectivity index (χ3v) is 2.81. The Bertz CT molecular complexity index is 313. The second-order valence-electron chi connectivity index (χ2n) is 3.31. The van der Waals surface area contributed by atoms with Crippen LogP contribution in [0.2, 0.25) is 0 Å².